The highest BCUT2D eigenvalue weighted by Crippen LogP contribution is 2.29. The average molecular weight is 337 g/mol. The van der Waals surface area contributed by atoms with Gasteiger partial charge in [-0.15, -0.1) is 0 Å². The van der Waals surface area contributed by atoms with Gasteiger partial charge in [-0.3, -0.25) is 9.59 Å². The summed E-state index contributed by atoms with van der Waals surface area (Å²) in [5.41, 5.74) is 0.515. The third-order valence-electron chi connectivity index (χ3n) is 4.02. The molecule has 0 aromatic heterocycles. The predicted octanol–water partition coefficient (Wildman–Crippen LogP) is 3.35. The lowest BCUT2D eigenvalue weighted by Gasteiger charge is -2.26. The van der Waals surface area contributed by atoms with Gasteiger partial charge in [-0.1, -0.05) is 25.4 Å². The standard InChI is InChI=1S/C18H25ClN2O2/c1-12(2)10-16(18(23)21(3)11-13-4-5-13)20-17(22)14-6-8-15(19)9-7-14/h6-9,12-13,16H,4-5,10-11H2,1-3H3,(H,20,22). The molecule has 2 amide bonds. The SMILES string of the molecule is CC(C)CC(NC(=O)c1ccc(Cl)cc1)C(=O)N(C)CC1CC1. The van der Waals surface area contributed by atoms with Crippen molar-refractivity contribution in [1.82, 2.24) is 10.2 Å². The molecule has 1 aromatic rings. The average Bonchev–Trinajstić information content (AvgIpc) is 3.29. The minimum Gasteiger partial charge on any atom is -0.344 e. The van der Waals surface area contributed by atoms with E-state index in [1.165, 1.54) is 12.8 Å². The summed E-state index contributed by atoms with van der Waals surface area (Å²) in [5, 5.41) is 3.47. The quantitative estimate of drug-likeness (QED) is 0.830. The number of nitrogens with zero attached hydrogens (tertiary/aromatic N) is 1. The van der Waals surface area contributed by atoms with Gasteiger partial charge in [-0.25, -0.2) is 0 Å². The molecule has 1 aliphatic rings. The van der Waals surface area contributed by atoms with Gasteiger partial charge in [0.05, 0.1) is 0 Å². The van der Waals surface area contributed by atoms with Crippen molar-refractivity contribution in [1.29, 1.82) is 0 Å². The Morgan fingerprint density at radius 2 is 1.87 bits per heavy atom. The number of likely N-dealkylation sites (N-methyl/N-ethyl adjacent to an activating group) is 1. The van der Waals surface area contributed by atoms with Gasteiger partial charge in [0, 0.05) is 24.2 Å². The minimum atomic E-state index is -0.484. The van der Waals surface area contributed by atoms with Crippen molar-refractivity contribution >= 4 is 23.4 Å². The highest BCUT2D eigenvalue weighted by Gasteiger charge is 2.29. The smallest absolute Gasteiger partial charge is 0.251 e. The normalized spacial score (nSPS) is 15.3. The van der Waals surface area contributed by atoms with Crippen LogP contribution in [0.4, 0.5) is 0 Å². The van der Waals surface area contributed by atoms with Crippen molar-refractivity contribution in [3.8, 4) is 0 Å². The van der Waals surface area contributed by atoms with E-state index in [2.05, 4.69) is 19.2 Å². The first-order valence-electron chi connectivity index (χ1n) is 8.18. The van der Waals surface area contributed by atoms with Crippen molar-refractivity contribution in [2.45, 2.75) is 39.2 Å². The van der Waals surface area contributed by atoms with Crippen LogP contribution in [-0.2, 0) is 4.79 Å². The Hall–Kier alpha value is -1.55. The fraction of sp³-hybridized carbons (Fsp3) is 0.556. The number of hydrogen-bond acceptors (Lipinski definition) is 2. The first-order chi connectivity index (χ1) is 10.9. The lowest BCUT2D eigenvalue weighted by Crippen LogP contribution is -2.48. The molecule has 1 aliphatic carbocycles. The van der Waals surface area contributed by atoms with Crippen LogP contribution in [0.5, 0.6) is 0 Å². The maximum atomic E-state index is 12.7. The van der Waals surface area contributed by atoms with E-state index in [9.17, 15) is 9.59 Å². The van der Waals surface area contributed by atoms with E-state index >= 15 is 0 Å². The van der Waals surface area contributed by atoms with Gasteiger partial charge in [0.1, 0.15) is 6.04 Å². The summed E-state index contributed by atoms with van der Waals surface area (Å²) in [5.74, 6) is 0.716. The van der Waals surface area contributed by atoms with E-state index in [-0.39, 0.29) is 11.8 Å². The molecule has 1 atom stereocenters. The Balaban J connectivity index is 2.02. The largest absolute Gasteiger partial charge is 0.344 e. The Labute approximate surface area is 143 Å². The molecule has 5 heteroatoms. The first-order valence-corrected chi connectivity index (χ1v) is 8.56. The van der Waals surface area contributed by atoms with E-state index < -0.39 is 6.04 Å². The van der Waals surface area contributed by atoms with Crippen molar-refractivity contribution in [2.24, 2.45) is 11.8 Å². The van der Waals surface area contributed by atoms with Crippen LogP contribution < -0.4 is 5.32 Å². The maximum Gasteiger partial charge on any atom is 0.251 e. The molecule has 4 nitrogen and oxygen atoms in total. The molecule has 23 heavy (non-hydrogen) atoms. The third kappa shape index (κ3) is 5.54. The predicted molar refractivity (Wildman–Crippen MR) is 92.5 cm³/mol. The fourth-order valence-electron chi connectivity index (χ4n) is 2.58. The highest BCUT2D eigenvalue weighted by atomic mass is 35.5. The molecule has 0 radical (unpaired) electrons. The fourth-order valence-corrected chi connectivity index (χ4v) is 2.71. The van der Waals surface area contributed by atoms with Crippen LogP contribution in [0, 0.1) is 11.8 Å². The molecule has 1 N–H and O–H groups in total. The van der Waals surface area contributed by atoms with Gasteiger partial charge in [0.2, 0.25) is 5.91 Å². The summed E-state index contributed by atoms with van der Waals surface area (Å²) in [6, 6.07) is 6.21. The van der Waals surface area contributed by atoms with E-state index in [1.807, 2.05) is 7.05 Å². The second kappa shape index (κ2) is 7.82. The number of halogens is 1. The summed E-state index contributed by atoms with van der Waals surface area (Å²) in [4.78, 5) is 26.8. The molecule has 0 saturated heterocycles. The van der Waals surface area contributed by atoms with Crippen LogP contribution >= 0.6 is 11.6 Å². The molecule has 2 rings (SSSR count). The number of carbonyl (C=O) groups excluding carboxylic acids is 2. The van der Waals surface area contributed by atoms with Gasteiger partial charge >= 0.3 is 0 Å². The zero-order valence-corrected chi connectivity index (χ0v) is 14.8. The van der Waals surface area contributed by atoms with Crippen LogP contribution in [0.1, 0.15) is 43.5 Å². The number of carbonyl (C=O) groups is 2. The summed E-state index contributed by atoms with van der Waals surface area (Å²) >= 11 is 5.84. The molecule has 1 saturated carbocycles. The minimum absolute atomic E-state index is 0.00656. The molecular weight excluding hydrogens is 312 g/mol. The van der Waals surface area contributed by atoms with Crippen LogP contribution in [-0.4, -0.2) is 36.3 Å². The van der Waals surface area contributed by atoms with Gasteiger partial charge in [0.25, 0.3) is 5.91 Å². The van der Waals surface area contributed by atoms with E-state index in [0.717, 1.165) is 6.54 Å². The van der Waals surface area contributed by atoms with Gasteiger partial charge < -0.3 is 10.2 Å². The maximum absolute atomic E-state index is 12.7. The van der Waals surface area contributed by atoms with Crippen LogP contribution in [0.3, 0.4) is 0 Å². The Kier molecular flexibility index (Phi) is 6.05. The summed E-state index contributed by atoms with van der Waals surface area (Å²) < 4.78 is 0. The zero-order chi connectivity index (χ0) is 17.0. The molecule has 1 aromatic carbocycles. The van der Waals surface area contributed by atoms with E-state index in [0.29, 0.717) is 28.8 Å². The molecule has 1 fully saturated rings. The second-order valence-corrected chi connectivity index (χ2v) is 7.26. The monoisotopic (exact) mass is 336 g/mol. The van der Waals surface area contributed by atoms with Crippen LogP contribution in [0.25, 0.3) is 0 Å². The Morgan fingerprint density at radius 3 is 2.39 bits per heavy atom. The first kappa shape index (κ1) is 17.8. The lowest BCUT2D eigenvalue weighted by atomic mass is 10.0. The molecule has 0 spiro atoms. The van der Waals surface area contributed by atoms with Crippen LogP contribution in [0.15, 0.2) is 24.3 Å². The van der Waals surface area contributed by atoms with Crippen molar-refractivity contribution in [2.75, 3.05) is 13.6 Å². The summed E-state index contributed by atoms with van der Waals surface area (Å²) in [7, 11) is 1.82. The number of nitrogens with one attached hydrogen (secondary N) is 1. The number of hydrogen-bond donors (Lipinski definition) is 1. The van der Waals surface area contributed by atoms with E-state index in [4.69, 9.17) is 11.6 Å². The zero-order valence-electron chi connectivity index (χ0n) is 14.0. The molecule has 0 heterocycles. The molecule has 0 bridgehead atoms. The second-order valence-electron chi connectivity index (χ2n) is 6.82. The number of rotatable bonds is 7. The number of benzene rings is 1. The molecule has 0 aliphatic heterocycles. The third-order valence-corrected chi connectivity index (χ3v) is 4.27. The topological polar surface area (TPSA) is 49.4 Å². The van der Waals surface area contributed by atoms with Crippen LogP contribution in [0.2, 0.25) is 5.02 Å². The van der Waals surface area contributed by atoms with Crippen molar-refractivity contribution in [3.05, 3.63) is 34.9 Å². The molecule has 1 unspecified atom stereocenters. The van der Waals surface area contributed by atoms with Gasteiger partial charge in [-0.05, 0) is 55.4 Å². The van der Waals surface area contributed by atoms with Crippen molar-refractivity contribution in [3.63, 3.8) is 0 Å². The summed E-state index contributed by atoms with van der Waals surface area (Å²) in [6.07, 6.45) is 3.03. The van der Waals surface area contributed by atoms with E-state index in [1.54, 1.807) is 29.2 Å². The van der Waals surface area contributed by atoms with Gasteiger partial charge in [0.15, 0.2) is 0 Å². The molecular formula is C18H25ClN2O2. The Bertz CT molecular complexity index is 553. The van der Waals surface area contributed by atoms with Gasteiger partial charge in [-0.2, -0.15) is 0 Å². The number of amides is 2. The Morgan fingerprint density at radius 1 is 1.26 bits per heavy atom. The molecule has 126 valence electrons. The van der Waals surface area contributed by atoms with Crippen molar-refractivity contribution < 1.29 is 9.59 Å². The summed E-state index contributed by atoms with van der Waals surface area (Å²) in [6.45, 7) is 4.88. The highest BCUT2D eigenvalue weighted by molar-refractivity contribution is 6.30. The lowest BCUT2D eigenvalue weighted by molar-refractivity contribution is -0.132.